The number of rotatable bonds is 3. The lowest BCUT2D eigenvalue weighted by Crippen LogP contribution is -2.13. The van der Waals surface area contributed by atoms with Crippen molar-refractivity contribution in [1.29, 1.82) is 0 Å². The van der Waals surface area contributed by atoms with Crippen molar-refractivity contribution < 1.29 is 8.42 Å². The molecule has 1 aromatic heterocycles. The van der Waals surface area contributed by atoms with Crippen molar-refractivity contribution in [1.82, 2.24) is 4.98 Å². The third-order valence-corrected chi connectivity index (χ3v) is 6.35. The summed E-state index contributed by atoms with van der Waals surface area (Å²) >= 11 is 10.4. The van der Waals surface area contributed by atoms with Gasteiger partial charge in [-0.1, -0.05) is 35.1 Å². The number of thiazole rings is 1. The molecule has 21 heavy (non-hydrogen) atoms. The van der Waals surface area contributed by atoms with Crippen LogP contribution < -0.4 is 4.72 Å². The van der Waals surface area contributed by atoms with E-state index in [1.807, 2.05) is 0 Å². The molecule has 0 radical (unpaired) electrons. The molecule has 8 heteroatoms. The highest BCUT2D eigenvalue weighted by Gasteiger charge is 2.19. The number of sulfonamides is 1. The quantitative estimate of drug-likeness (QED) is 0.700. The van der Waals surface area contributed by atoms with Gasteiger partial charge in [0.05, 0.1) is 10.2 Å². The molecule has 0 atom stereocenters. The predicted molar refractivity (Wildman–Crippen MR) is 89.6 cm³/mol. The Morgan fingerprint density at radius 1 is 1.19 bits per heavy atom. The third-order valence-electron chi connectivity index (χ3n) is 2.70. The summed E-state index contributed by atoms with van der Waals surface area (Å²) in [6.07, 6.45) is 0. The van der Waals surface area contributed by atoms with E-state index in [1.165, 1.54) is 17.4 Å². The van der Waals surface area contributed by atoms with Crippen LogP contribution in [-0.2, 0) is 10.0 Å². The standard InChI is InChI=1S/C13H8BrClN2O2S2/c14-9-3-1-2-4-12(9)21(18,19)17-13-16-10-6-5-8(15)7-11(10)20-13/h1-7H,(H,16,17). The summed E-state index contributed by atoms with van der Waals surface area (Å²) in [6, 6.07) is 11.8. The summed E-state index contributed by atoms with van der Waals surface area (Å²) in [5, 5.41) is 0.898. The molecule has 1 N–H and O–H groups in total. The minimum Gasteiger partial charge on any atom is -0.255 e. The second-order valence-electron chi connectivity index (χ2n) is 4.17. The molecule has 0 aliphatic rings. The first kappa shape index (κ1) is 14.8. The molecule has 0 saturated heterocycles. The van der Waals surface area contributed by atoms with Crippen LogP contribution in [0.5, 0.6) is 0 Å². The van der Waals surface area contributed by atoms with E-state index in [9.17, 15) is 8.42 Å². The predicted octanol–water partition coefficient (Wildman–Crippen LogP) is 4.51. The van der Waals surface area contributed by atoms with Crippen LogP contribution in [0, 0.1) is 0 Å². The molecule has 0 spiro atoms. The van der Waals surface area contributed by atoms with E-state index in [1.54, 1.807) is 36.4 Å². The lowest BCUT2D eigenvalue weighted by Gasteiger charge is -2.06. The molecule has 0 bridgehead atoms. The van der Waals surface area contributed by atoms with Crippen LogP contribution in [-0.4, -0.2) is 13.4 Å². The van der Waals surface area contributed by atoms with E-state index in [0.717, 1.165) is 4.70 Å². The van der Waals surface area contributed by atoms with E-state index >= 15 is 0 Å². The van der Waals surface area contributed by atoms with Crippen LogP contribution in [0.3, 0.4) is 0 Å². The zero-order valence-corrected chi connectivity index (χ0v) is 14.4. The molecule has 3 aromatic rings. The summed E-state index contributed by atoms with van der Waals surface area (Å²) in [7, 11) is -3.68. The normalized spacial score (nSPS) is 11.7. The summed E-state index contributed by atoms with van der Waals surface area (Å²) < 4.78 is 28.5. The average Bonchev–Trinajstić information content (AvgIpc) is 2.79. The smallest absolute Gasteiger partial charge is 0.255 e. The molecule has 1 heterocycles. The highest BCUT2D eigenvalue weighted by molar-refractivity contribution is 9.10. The monoisotopic (exact) mass is 402 g/mol. The maximum absolute atomic E-state index is 12.4. The van der Waals surface area contributed by atoms with Crippen LogP contribution in [0.1, 0.15) is 0 Å². The first-order chi connectivity index (χ1) is 9.95. The highest BCUT2D eigenvalue weighted by atomic mass is 79.9. The van der Waals surface area contributed by atoms with Crippen LogP contribution in [0.4, 0.5) is 5.13 Å². The Morgan fingerprint density at radius 3 is 2.71 bits per heavy atom. The van der Waals surface area contributed by atoms with Gasteiger partial charge in [0.1, 0.15) is 4.90 Å². The Labute approximate surface area is 139 Å². The summed E-state index contributed by atoms with van der Waals surface area (Å²) in [4.78, 5) is 4.42. The van der Waals surface area contributed by atoms with E-state index in [4.69, 9.17) is 11.6 Å². The molecule has 0 amide bonds. The maximum Gasteiger partial charge on any atom is 0.264 e. The van der Waals surface area contributed by atoms with Gasteiger partial charge < -0.3 is 0 Å². The largest absolute Gasteiger partial charge is 0.264 e. The van der Waals surface area contributed by atoms with Crippen LogP contribution in [0.25, 0.3) is 10.2 Å². The molecular weight excluding hydrogens is 396 g/mol. The Morgan fingerprint density at radius 2 is 1.95 bits per heavy atom. The second kappa shape index (κ2) is 5.57. The Kier molecular flexibility index (Phi) is 3.92. The van der Waals surface area contributed by atoms with Gasteiger partial charge in [0.15, 0.2) is 5.13 Å². The van der Waals surface area contributed by atoms with E-state index in [2.05, 4.69) is 25.6 Å². The number of hydrogen-bond acceptors (Lipinski definition) is 4. The van der Waals surface area contributed by atoms with Crippen molar-refractivity contribution in [2.45, 2.75) is 4.90 Å². The van der Waals surface area contributed by atoms with E-state index in [0.29, 0.717) is 20.1 Å². The molecule has 0 unspecified atom stereocenters. The molecule has 2 aromatic carbocycles. The highest BCUT2D eigenvalue weighted by Crippen LogP contribution is 2.30. The Bertz CT molecular complexity index is 925. The van der Waals surface area contributed by atoms with Gasteiger partial charge in [-0.05, 0) is 46.3 Å². The minimum atomic E-state index is -3.68. The first-order valence-corrected chi connectivity index (χ1v) is 9.26. The lowest BCUT2D eigenvalue weighted by atomic mass is 10.3. The van der Waals surface area contributed by atoms with Crippen molar-refractivity contribution >= 4 is 64.2 Å². The van der Waals surface area contributed by atoms with Gasteiger partial charge in [0.25, 0.3) is 10.0 Å². The number of anilines is 1. The van der Waals surface area contributed by atoms with E-state index < -0.39 is 10.0 Å². The van der Waals surface area contributed by atoms with Gasteiger partial charge in [0.2, 0.25) is 0 Å². The molecule has 4 nitrogen and oxygen atoms in total. The van der Waals surface area contributed by atoms with Gasteiger partial charge >= 0.3 is 0 Å². The molecule has 0 aliphatic heterocycles. The zero-order chi connectivity index (χ0) is 15.0. The van der Waals surface area contributed by atoms with Gasteiger partial charge in [-0.15, -0.1) is 0 Å². The third kappa shape index (κ3) is 3.06. The average molecular weight is 404 g/mol. The number of benzene rings is 2. The number of aromatic nitrogens is 1. The fraction of sp³-hybridized carbons (Fsp3) is 0. The fourth-order valence-corrected chi connectivity index (χ4v) is 5.16. The first-order valence-electron chi connectivity index (χ1n) is 5.79. The van der Waals surface area contributed by atoms with Crippen molar-refractivity contribution in [3.8, 4) is 0 Å². The minimum absolute atomic E-state index is 0.169. The topological polar surface area (TPSA) is 59.1 Å². The summed E-state index contributed by atoms with van der Waals surface area (Å²) in [5.41, 5.74) is 0.703. The number of nitrogens with one attached hydrogen (secondary N) is 1. The Balaban J connectivity index is 1.99. The number of nitrogens with zero attached hydrogens (tertiary/aromatic N) is 1. The van der Waals surface area contributed by atoms with Crippen LogP contribution in [0.2, 0.25) is 5.02 Å². The fourth-order valence-electron chi connectivity index (χ4n) is 1.77. The van der Waals surface area contributed by atoms with Crippen molar-refractivity contribution in [3.05, 3.63) is 52.0 Å². The Hall–Kier alpha value is -1.15. The van der Waals surface area contributed by atoms with Crippen molar-refractivity contribution in [2.75, 3.05) is 4.72 Å². The number of fused-ring (bicyclic) bond motifs is 1. The van der Waals surface area contributed by atoms with Gasteiger partial charge in [0, 0.05) is 9.50 Å². The summed E-state index contributed by atoms with van der Waals surface area (Å²) in [5.74, 6) is 0. The molecule has 108 valence electrons. The second-order valence-corrected chi connectivity index (χ2v) is 8.14. The summed E-state index contributed by atoms with van der Waals surface area (Å²) in [6.45, 7) is 0. The van der Waals surface area contributed by atoms with Gasteiger partial charge in [-0.3, -0.25) is 4.72 Å². The molecule has 0 fully saturated rings. The lowest BCUT2D eigenvalue weighted by molar-refractivity contribution is 0.600. The van der Waals surface area contributed by atoms with Crippen LogP contribution in [0.15, 0.2) is 51.8 Å². The molecule has 3 rings (SSSR count). The molecule has 0 aliphatic carbocycles. The molecular formula is C13H8BrClN2O2S2. The van der Waals surface area contributed by atoms with E-state index in [-0.39, 0.29) is 4.90 Å². The zero-order valence-electron chi connectivity index (χ0n) is 10.4. The maximum atomic E-state index is 12.4. The SMILES string of the molecule is O=S(=O)(Nc1nc2ccc(Cl)cc2s1)c1ccccc1Br. The number of halogens is 2. The van der Waals surface area contributed by atoms with Crippen molar-refractivity contribution in [2.24, 2.45) is 0 Å². The van der Waals surface area contributed by atoms with Crippen molar-refractivity contribution in [3.63, 3.8) is 0 Å². The number of hydrogen-bond donors (Lipinski definition) is 1. The van der Waals surface area contributed by atoms with Crippen LogP contribution >= 0.6 is 38.9 Å². The van der Waals surface area contributed by atoms with Gasteiger partial charge in [-0.2, -0.15) is 0 Å². The molecule has 0 saturated carbocycles. The van der Waals surface area contributed by atoms with Gasteiger partial charge in [-0.25, -0.2) is 13.4 Å².